The lowest BCUT2D eigenvalue weighted by Gasteiger charge is -2.46. The largest absolute Gasteiger partial charge is 0.451 e. The second kappa shape index (κ2) is 6.15. The van der Waals surface area contributed by atoms with Gasteiger partial charge in [-0.1, -0.05) is 11.6 Å². The number of aryl methyl sites for hydroxylation is 2. The minimum absolute atomic E-state index is 0.0634. The highest BCUT2D eigenvalue weighted by Crippen LogP contribution is 2.36. The summed E-state index contributed by atoms with van der Waals surface area (Å²) in [6.07, 6.45) is 2.63. The number of aliphatic hydroxyl groups excluding tert-OH is 1. The monoisotopic (exact) mass is 343 g/mol. The SMILES string of the molecule is Cc1ccc2oc(C(=O)N3CCC4(CC3)OCCCC4O)c(C)c2c1. The minimum atomic E-state index is -0.463. The van der Waals surface area contributed by atoms with Gasteiger partial charge in [0.15, 0.2) is 5.76 Å². The Labute approximate surface area is 147 Å². The number of carbonyl (C=O) groups excluding carboxylic acids is 1. The van der Waals surface area contributed by atoms with Gasteiger partial charge in [0.1, 0.15) is 5.58 Å². The van der Waals surface area contributed by atoms with Gasteiger partial charge in [0.25, 0.3) is 5.91 Å². The van der Waals surface area contributed by atoms with Gasteiger partial charge in [-0.3, -0.25) is 4.79 Å². The van der Waals surface area contributed by atoms with E-state index in [1.165, 1.54) is 0 Å². The van der Waals surface area contributed by atoms with Crippen molar-refractivity contribution in [3.8, 4) is 0 Å². The number of hydrogen-bond donors (Lipinski definition) is 1. The zero-order valence-corrected chi connectivity index (χ0v) is 14.9. The number of nitrogens with zero attached hydrogens (tertiary/aromatic N) is 1. The lowest BCUT2D eigenvalue weighted by molar-refractivity contribution is -0.174. The smallest absolute Gasteiger partial charge is 0.289 e. The standard InChI is InChI=1S/C20H25NO4/c1-13-5-6-16-15(12-13)14(2)18(25-16)19(23)21-9-7-20(8-10-21)17(22)4-3-11-24-20/h5-6,12,17,22H,3-4,7-11H2,1-2H3. The maximum Gasteiger partial charge on any atom is 0.289 e. The van der Waals surface area contributed by atoms with Crippen molar-refractivity contribution in [1.82, 2.24) is 4.90 Å². The fourth-order valence-corrected chi connectivity index (χ4v) is 4.16. The molecule has 3 heterocycles. The average molecular weight is 343 g/mol. The van der Waals surface area contributed by atoms with Crippen LogP contribution in [0, 0.1) is 13.8 Å². The van der Waals surface area contributed by atoms with Gasteiger partial charge in [-0.05, 0) is 51.7 Å². The number of fused-ring (bicyclic) bond motifs is 1. The van der Waals surface area contributed by atoms with Gasteiger partial charge in [-0.2, -0.15) is 0 Å². The fraction of sp³-hybridized carbons (Fsp3) is 0.550. The summed E-state index contributed by atoms with van der Waals surface area (Å²) >= 11 is 0. The van der Waals surface area contributed by atoms with Crippen LogP contribution in [-0.4, -0.2) is 47.3 Å². The first-order valence-electron chi connectivity index (χ1n) is 9.11. The Morgan fingerprint density at radius 1 is 1.28 bits per heavy atom. The van der Waals surface area contributed by atoms with Crippen LogP contribution in [0.25, 0.3) is 11.0 Å². The van der Waals surface area contributed by atoms with Crippen LogP contribution < -0.4 is 0 Å². The summed E-state index contributed by atoms with van der Waals surface area (Å²) in [6.45, 7) is 5.86. The van der Waals surface area contributed by atoms with Gasteiger partial charge >= 0.3 is 0 Å². The third-order valence-corrected chi connectivity index (χ3v) is 5.80. The van der Waals surface area contributed by atoms with Crippen LogP contribution in [0.4, 0.5) is 0 Å². The van der Waals surface area contributed by atoms with Gasteiger partial charge in [0, 0.05) is 30.6 Å². The fourth-order valence-electron chi connectivity index (χ4n) is 4.16. The number of hydrogen-bond acceptors (Lipinski definition) is 4. The molecule has 25 heavy (non-hydrogen) atoms. The van der Waals surface area contributed by atoms with E-state index in [4.69, 9.17) is 9.15 Å². The molecule has 1 aromatic carbocycles. The Hall–Kier alpha value is -1.85. The second-order valence-corrected chi connectivity index (χ2v) is 7.42. The molecule has 1 spiro atoms. The van der Waals surface area contributed by atoms with Crippen molar-refractivity contribution in [2.75, 3.05) is 19.7 Å². The van der Waals surface area contributed by atoms with Crippen LogP contribution in [0.3, 0.4) is 0 Å². The van der Waals surface area contributed by atoms with Crippen LogP contribution in [0.15, 0.2) is 22.6 Å². The first kappa shape index (κ1) is 16.6. The van der Waals surface area contributed by atoms with E-state index in [9.17, 15) is 9.90 Å². The molecule has 2 fully saturated rings. The third kappa shape index (κ3) is 2.75. The predicted molar refractivity (Wildman–Crippen MR) is 94.7 cm³/mol. The number of amides is 1. The lowest BCUT2D eigenvalue weighted by Crippen LogP contribution is -2.56. The van der Waals surface area contributed by atoms with Crippen molar-refractivity contribution in [3.63, 3.8) is 0 Å². The highest BCUT2D eigenvalue weighted by atomic mass is 16.5. The van der Waals surface area contributed by atoms with E-state index >= 15 is 0 Å². The zero-order chi connectivity index (χ0) is 17.6. The first-order chi connectivity index (χ1) is 12.0. The molecule has 5 heteroatoms. The van der Waals surface area contributed by atoms with Crippen LogP contribution in [0.2, 0.25) is 0 Å². The molecular weight excluding hydrogens is 318 g/mol. The predicted octanol–water partition coefficient (Wildman–Crippen LogP) is 3.20. The van der Waals surface area contributed by atoms with E-state index in [-0.39, 0.29) is 5.91 Å². The molecule has 1 unspecified atom stereocenters. The quantitative estimate of drug-likeness (QED) is 0.864. The summed E-state index contributed by atoms with van der Waals surface area (Å²) in [5.41, 5.74) is 2.34. The molecular formula is C20H25NO4. The van der Waals surface area contributed by atoms with Crippen LogP contribution >= 0.6 is 0 Å². The summed E-state index contributed by atoms with van der Waals surface area (Å²) in [7, 11) is 0. The van der Waals surface area contributed by atoms with Crippen molar-refractivity contribution in [3.05, 3.63) is 35.1 Å². The summed E-state index contributed by atoms with van der Waals surface area (Å²) in [5.74, 6) is 0.369. The molecule has 0 bridgehead atoms. The van der Waals surface area contributed by atoms with Gasteiger partial charge < -0.3 is 19.2 Å². The van der Waals surface area contributed by atoms with E-state index in [1.807, 2.05) is 30.9 Å². The number of aliphatic hydroxyl groups is 1. The molecule has 1 N–H and O–H groups in total. The van der Waals surface area contributed by atoms with Crippen molar-refractivity contribution >= 4 is 16.9 Å². The Morgan fingerprint density at radius 2 is 2.04 bits per heavy atom. The van der Waals surface area contributed by atoms with E-state index in [1.54, 1.807) is 0 Å². The van der Waals surface area contributed by atoms with Gasteiger partial charge in [0.05, 0.1) is 11.7 Å². The van der Waals surface area contributed by atoms with Crippen molar-refractivity contribution in [1.29, 1.82) is 0 Å². The second-order valence-electron chi connectivity index (χ2n) is 7.42. The molecule has 2 aliphatic heterocycles. The number of benzene rings is 1. The molecule has 1 amide bonds. The van der Waals surface area contributed by atoms with Crippen molar-refractivity contribution in [2.45, 2.75) is 51.2 Å². The van der Waals surface area contributed by atoms with Gasteiger partial charge in [0.2, 0.25) is 0 Å². The summed E-state index contributed by atoms with van der Waals surface area (Å²) in [4.78, 5) is 14.8. The van der Waals surface area contributed by atoms with Gasteiger partial charge in [-0.25, -0.2) is 0 Å². The van der Waals surface area contributed by atoms with Crippen LogP contribution in [-0.2, 0) is 4.74 Å². The van der Waals surface area contributed by atoms with E-state index in [2.05, 4.69) is 6.07 Å². The van der Waals surface area contributed by atoms with Crippen LogP contribution in [0.1, 0.15) is 47.4 Å². The first-order valence-corrected chi connectivity index (χ1v) is 9.11. The highest BCUT2D eigenvalue weighted by Gasteiger charge is 2.44. The summed E-state index contributed by atoms with van der Waals surface area (Å²) < 4.78 is 11.8. The molecule has 0 saturated carbocycles. The summed E-state index contributed by atoms with van der Waals surface area (Å²) in [6, 6.07) is 5.97. The Morgan fingerprint density at radius 3 is 2.76 bits per heavy atom. The van der Waals surface area contributed by atoms with Gasteiger partial charge in [-0.15, -0.1) is 0 Å². The molecule has 0 aliphatic carbocycles. The Balaban J connectivity index is 1.54. The topological polar surface area (TPSA) is 62.9 Å². The number of carbonyl (C=O) groups is 1. The third-order valence-electron chi connectivity index (χ3n) is 5.80. The van der Waals surface area contributed by atoms with E-state index in [0.717, 1.165) is 34.9 Å². The Bertz CT molecular complexity index is 801. The molecule has 4 rings (SSSR count). The minimum Gasteiger partial charge on any atom is -0.451 e. The highest BCUT2D eigenvalue weighted by molar-refractivity contribution is 5.99. The molecule has 1 aromatic heterocycles. The number of rotatable bonds is 1. The van der Waals surface area contributed by atoms with E-state index < -0.39 is 11.7 Å². The number of likely N-dealkylation sites (tertiary alicyclic amines) is 1. The van der Waals surface area contributed by atoms with E-state index in [0.29, 0.717) is 38.3 Å². The summed E-state index contributed by atoms with van der Waals surface area (Å²) in [5, 5.41) is 11.3. The normalized spacial score (nSPS) is 23.3. The molecule has 2 aliphatic rings. The maximum absolute atomic E-state index is 13.0. The maximum atomic E-state index is 13.0. The molecule has 2 aromatic rings. The molecule has 134 valence electrons. The Kier molecular flexibility index (Phi) is 4.08. The number of ether oxygens (including phenoxy) is 1. The zero-order valence-electron chi connectivity index (χ0n) is 14.9. The van der Waals surface area contributed by atoms with Crippen molar-refractivity contribution in [2.24, 2.45) is 0 Å². The van der Waals surface area contributed by atoms with Crippen molar-refractivity contribution < 1.29 is 19.1 Å². The molecule has 2 saturated heterocycles. The number of furan rings is 1. The average Bonchev–Trinajstić information content (AvgIpc) is 2.94. The molecule has 5 nitrogen and oxygen atoms in total. The molecule has 1 atom stereocenters. The molecule has 0 radical (unpaired) electrons. The van der Waals surface area contributed by atoms with Crippen LogP contribution in [0.5, 0.6) is 0 Å². The lowest BCUT2D eigenvalue weighted by atomic mass is 9.82. The number of piperidine rings is 1.